The highest BCUT2D eigenvalue weighted by Crippen LogP contribution is 2.23. The third kappa shape index (κ3) is 4.91. The highest BCUT2D eigenvalue weighted by Gasteiger charge is 2.25. The molecule has 3 aromatic rings. The van der Waals surface area contributed by atoms with Crippen LogP contribution in [-0.2, 0) is 23.6 Å². The van der Waals surface area contributed by atoms with Gasteiger partial charge in [0.15, 0.2) is 5.65 Å². The fourth-order valence-electron chi connectivity index (χ4n) is 3.57. The third-order valence-electron chi connectivity index (χ3n) is 5.04. The first kappa shape index (κ1) is 21.2. The molecule has 1 saturated heterocycles. The first-order valence-corrected chi connectivity index (χ1v) is 11.1. The van der Waals surface area contributed by atoms with E-state index in [1.807, 2.05) is 17.9 Å². The van der Waals surface area contributed by atoms with Crippen molar-refractivity contribution in [3.05, 3.63) is 24.8 Å². The summed E-state index contributed by atoms with van der Waals surface area (Å²) < 4.78 is 28.8. The molecule has 11 heteroatoms. The molecular weight excluding hydrogens is 392 g/mol. The second-order valence-electron chi connectivity index (χ2n) is 7.29. The van der Waals surface area contributed by atoms with Gasteiger partial charge in [0.05, 0.1) is 29.7 Å². The molecule has 0 aromatic carbocycles. The van der Waals surface area contributed by atoms with Crippen LogP contribution >= 0.6 is 0 Å². The minimum atomic E-state index is -3.12. The van der Waals surface area contributed by atoms with Gasteiger partial charge < -0.3 is 5.32 Å². The van der Waals surface area contributed by atoms with Crippen LogP contribution in [-0.4, -0.2) is 61.6 Å². The summed E-state index contributed by atoms with van der Waals surface area (Å²) in [5.74, 6) is 0.820. The van der Waals surface area contributed by atoms with E-state index in [0.29, 0.717) is 31.5 Å². The number of rotatable bonds is 6. The lowest BCUT2D eigenvalue weighted by molar-refractivity contribution is 0.248. The normalized spacial score (nSPS) is 17.9. The second-order valence-corrected chi connectivity index (χ2v) is 9.27. The van der Waals surface area contributed by atoms with Gasteiger partial charge >= 0.3 is 0 Å². The highest BCUT2D eigenvalue weighted by molar-refractivity contribution is 7.88. The Morgan fingerprint density at radius 3 is 2.79 bits per heavy atom. The average molecular weight is 421 g/mol. The Balaban J connectivity index is 0.00000240. The van der Waals surface area contributed by atoms with Crippen LogP contribution in [0.2, 0.25) is 0 Å². The zero-order chi connectivity index (χ0) is 19.7. The van der Waals surface area contributed by atoms with Gasteiger partial charge in [-0.2, -0.15) is 15.2 Å². The summed E-state index contributed by atoms with van der Waals surface area (Å²) in [4.78, 5) is 8.92. The van der Waals surface area contributed by atoms with Crippen molar-refractivity contribution in [2.45, 2.75) is 33.2 Å². The smallest absolute Gasteiger partial charge is 0.229 e. The number of piperidine rings is 1. The predicted octanol–water partition coefficient (Wildman–Crippen LogP) is 2.00. The Morgan fingerprint density at radius 1 is 1.24 bits per heavy atom. The van der Waals surface area contributed by atoms with E-state index in [2.05, 4.69) is 25.5 Å². The minimum absolute atomic E-state index is 0. The van der Waals surface area contributed by atoms with Crippen molar-refractivity contribution in [2.75, 3.05) is 24.7 Å². The lowest BCUT2D eigenvalue weighted by Gasteiger charge is -2.30. The molecule has 0 aliphatic carbocycles. The molecule has 158 valence electrons. The van der Waals surface area contributed by atoms with Gasteiger partial charge in [0.1, 0.15) is 0 Å². The molecule has 1 fully saturated rings. The summed E-state index contributed by atoms with van der Waals surface area (Å²) in [5.41, 5.74) is 1.58. The van der Waals surface area contributed by atoms with E-state index in [-0.39, 0.29) is 7.43 Å². The lowest BCUT2D eigenvalue weighted by atomic mass is 9.96. The molecule has 0 spiro atoms. The molecule has 1 N–H and O–H groups in total. The standard InChI is InChI=1S/C17H24N8O2S.CH4/c1-23-12-15(10-19-23)21-17-18-8-14-9-20-25(16(14)22-17)7-5-13-4-3-6-24(11-13)28(2,26)27;/h8-10,12-13H,3-7,11H2,1-2H3,(H,18,21,22);1H4. The third-order valence-corrected chi connectivity index (χ3v) is 6.31. The molecular formula is C18H28N8O2S. The summed E-state index contributed by atoms with van der Waals surface area (Å²) in [5, 5.41) is 12.6. The number of hydrogen-bond donors (Lipinski definition) is 1. The van der Waals surface area contributed by atoms with Gasteiger partial charge in [0.25, 0.3) is 0 Å². The van der Waals surface area contributed by atoms with Gasteiger partial charge in [-0.3, -0.25) is 4.68 Å². The fourth-order valence-corrected chi connectivity index (χ4v) is 4.52. The molecule has 1 atom stereocenters. The van der Waals surface area contributed by atoms with Crippen LogP contribution in [0.15, 0.2) is 24.8 Å². The van der Waals surface area contributed by atoms with Crippen molar-refractivity contribution in [1.29, 1.82) is 0 Å². The Morgan fingerprint density at radius 2 is 2.07 bits per heavy atom. The molecule has 1 aliphatic heterocycles. The second kappa shape index (κ2) is 8.46. The van der Waals surface area contributed by atoms with Crippen LogP contribution in [0, 0.1) is 5.92 Å². The van der Waals surface area contributed by atoms with Gasteiger partial charge in [0, 0.05) is 39.1 Å². The Hall–Kier alpha value is -2.53. The van der Waals surface area contributed by atoms with E-state index in [9.17, 15) is 8.42 Å². The molecule has 10 nitrogen and oxygen atoms in total. The molecule has 4 rings (SSSR count). The molecule has 0 radical (unpaired) electrons. The number of nitrogens with zero attached hydrogens (tertiary/aromatic N) is 7. The van der Waals surface area contributed by atoms with Crippen molar-refractivity contribution in [3.8, 4) is 0 Å². The predicted molar refractivity (Wildman–Crippen MR) is 112 cm³/mol. The Bertz CT molecular complexity index is 1070. The number of nitrogens with one attached hydrogen (secondary N) is 1. The molecule has 3 aromatic heterocycles. The van der Waals surface area contributed by atoms with E-state index in [4.69, 9.17) is 0 Å². The lowest BCUT2D eigenvalue weighted by Crippen LogP contribution is -2.39. The van der Waals surface area contributed by atoms with E-state index >= 15 is 0 Å². The van der Waals surface area contributed by atoms with Gasteiger partial charge in [-0.1, -0.05) is 7.43 Å². The number of hydrogen-bond acceptors (Lipinski definition) is 7. The fraction of sp³-hybridized carbons (Fsp3) is 0.556. The number of aromatic nitrogens is 6. The maximum Gasteiger partial charge on any atom is 0.229 e. The zero-order valence-corrected chi connectivity index (χ0v) is 16.8. The largest absolute Gasteiger partial charge is 0.321 e. The van der Waals surface area contributed by atoms with Crippen LogP contribution in [0.4, 0.5) is 11.6 Å². The van der Waals surface area contributed by atoms with E-state index < -0.39 is 10.0 Å². The summed E-state index contributed by atoms with van der Waals surface area (Å²) in [6.07, 6.45) is 11.1. The minimum Gasteiger partial charge on any atom is -0.321 e. The molecule has 0 amide bonds. The Labute approximate surface area is 171 Å². The van der Waals surface area contributed by atoms with Crippen molar-refractivity contribution in [3.63, 3.8) is 0 Å². The van der Waals surface area contributed by atoms with Crippen LogP contribution < -0.4 is 5.32 Å². The van der Waals surface area contributed by atoms with Crippen LogP contribution in [0.1, 0.15) is 26.7 Å². The molecule has 1 unspecified atom stereocenters. The number of sulfonamides is 1. The molecule has 0 saturated carbocycles. The van der Waals surface area contributed by atoms with E-state index in [0.717, 1.165) is 36.0 Å². The van der Waals surface area contributed by atoms with Crippen molar-refractivity contribution < 1.29 is 8.42 Å². The van der Waals surface area contributed by atoms with Gasteiger partial charge in [0.2, 0.25) is 16.0 Å². The molecule has 1 aliphatic rings. The van der Waals surface area contributed by atoms with E-state index in [1.54, 1.807) is 27.6 Å². The van der Waals surface area contributed by atoms with Gasteiger partial charge in [-0.25, -0.2) is 22.4 Å². The Kier molecular flexibility index (Phi) is 6.18. The quantitative estimate of drug-likeness (QED) is 0.649. The topological polar surface area (TPSA) is 111 Å². The molecule has 0 bridgehead atoms. The monoisotopic (exact) mass is 420 g/mol. The summed E-state index contributed by atoms with van der Waals surface area (Å²) >= 11 is 0. The van der Waals surface area contributed by atoms with Crippen LogP contribution in [0.5, 0.6) is 0 Å². The highest BCUT2D eigenvalue weighted by atomic mass is 32.2. The van der Waals surface area contributed by atoms with Gasteiger partial charge in [-0.05, 0) is 25.2 Å². The summed E-state index contributed by atoms with van der Waals surface area (Å²) in [6.45, 7) is 1.90. The maximum absolute atomic E-state index is 11.8. The van der Waals surface area contributed by atoms with Crippen LogP contribution in [0.25, 0.3) is 11.0 Å². The number of fused-ring (bicyclic) bond motifs is 1. The SMILES string of the molecule is C.Cn1cc(Nc2ncc3cnn(CCC4CCCN(S(C)(=O)=O)C4)c3n2)cn1. The van der Waals surface area contributed by atoms with E-state index in [1.165, 1.54) is 6.26 Å². The average Bonchev–Trinajstić information content (AvgIpc) is 3.25. The maximum atomic E-state index is 11.8. The van der Waals surface area contributed by atoms with Gasteiger partial charge in [-0.15, -0.1) is 0 Å². The zero-order valence-electron chi connectivity index (χ0n) is 16.0. The van der Waals surface area contributed by atoms with Crippen molar-refractivity contribution >= 4 is 32.7 Å². The molecule has 29 heavy (non-hydrogen) atoms. The first-order valence-electron chi connectivity index (χ1n) is 9.28. The van der Waals surface area contributed by atoms with Crippen molar-refractivity contribution in [2.24, 2.45) is 13.0 Å². The first-order chi connectivity index (χ1) is 13.4. The van der Waals surface area contributed by atoms with Crippen LogP contribution in [0.3, 0.4) is 0 Å². The summed E-state index contributed by atoms with van der Waals surface area (Å²) in [6, 6.07) is 0. The number of anilines is 2. The van der Waals surface area contributed by atoms with Crippen molar-refractivity contribution in [1.82, 2.24) is 33.8 Å². The summed E-state index contributed by atoms with van der Waals surface area (Å²) in [7, 11) is -1.28. The number of aryl methyl sites for hydroxylation is 2. The molecule has 4 heterocycles.